The monoisotopic (exact) mass is 534 g/mol. The molecule has 0 aromatic heterocycles. The molecular formula is C31H42N4O4. The van der Waals surface area contributed by atoms with Gasteiger partial charge in [-0.3, -0.25) is 24.6 Å². The van der Waals surface area contributed by atoms with Crippen molar-refractivity contribution in [3.8, 4) is 5.75 Å². The Kier molecular flexibility index (Phi) is 6.87. The Labute approximate surface area is 231 Å². The molecule has 0 bridgehead atoms. The van der Waals surface area contributed by atoms with Crippen molar-refractivity contribution in [2.75, 3.05) is 26.2 Å². The van der Waals surface area contributed by atoms with Crippen LogP contribution in [0.2, 0.25) is 0 Å². The number of carbonyl (C=O) groups is 3. The van der Waals surface area contributed by atoms with Crippen molar-refractivity contribution in [2.45, 2.75) is 101 Å². The van der Waals surface area contributed by atoms with Crippen LogP contribution >= 0.6 is 0 Å². The first kappa shape index (κ1) is 25.5. The molecular weight excluding hydrogens is 492 g/mol. The highest BCUT2D eigenvalue weighted by atomic mass is 16.5. The molecule has 1 unspecified atom stereocenters. The fourth-order valence-electron chi connectivity index (χ4n) is 8.06. The van der Waals surface area contributed by atoms with E-state index in [9.17, 15) is 14.4 Å². The van der Waals surface area contributed by atoms with E-state index in [0.29, 0.717) is 24.6 Å². The summed E-state index contributed by atoms with van der Waals surface area (Å²) in [6.45, 7) is 5.45. The van der Waals surface area contributed by atoms with E-state index in [2.05, 4.69) is 15.1 Å². The van der Waals surface area contributed by atoms with Gasteiger partial charge in [0, 0.05) is 43.7 Å². The highest BCUT2D eigenvalue weighted by Gasteiger charge is 2.43. The lowest BCUT2D eigenvalue weighted by Crippen LogP contribution is -2.60. The van der Waals surface area contributed by atoms with E-state index in [1.165, 1.54) is 77.5 Å². The van der Waals surface area contributed by atoms with Gasteiger partial charge in [0.15, 0.2) is 0 Å². The van der Waals surface area contributed by atoms with Crippen LogP contribution in [0.3, 0.4) is 0 Å². The number of nitrogens with one attached hydrogen (secondary N) is 1. The standard InChI is InChI=1S/C31H42N4O4/c36-29-11-10-27(30(37)32-29)35-19-21-16-24(8-9-25(21)31(35)38)39-28-7-2-1-6-26(28)34-17-22(18-34)20-12-14-33(15-13-20)23-4-3-5-23/h8-9,16,20,22-23,26-28H,1-7,10-15,17-19H2,(H,32,36,37)/t26-,27?,28+/m1/s1. The predicted molar refractivity (Wildman–Crippen MR) is 146 cm³/mol. The highest BCUT2D eigenvalue weighted by Crippen LogP contribution is 2.39. The van der Waals surface area contributed by atoms with Crippen LogP contribution in [-0.2, 0) is 16.1 Å². The Bertz CT molecular complexity index is 1120. The van der Waals surface area contributed by atoms with Gasteiger partial charge >= 0.3 is 0 Å². The van der Waals surface area contributed by atoms with Gasteiger partial charge in [0.05, 0.1) is 0 Å². The van der Waals surface area contributed by atoms with Crippen molar-refractivity contribution in [1.29, 1.82) is 0 Å². The number of piperidine rings is 2. The summed E-state index contributed by atoms with van der Waals surface area (Å²) < 4.78 is 6.64. The summed E-state index contributed by atoms with van der Waals surface area (Å²) in [5.41, 5.74) is 1.55. The largest absolute Gasteiger partial charge is 0.489 e. The number of likely N-dealkylation sites (tertiary alicyclic amines) is 2. The summed E-state index contributed by atoms with van der Waals surface area (Å²) in [5, 5.41) is 2.38. The van der Waals surface area contributed by atoms with Crippen LogP contribution in [0.4, 0.5) is 0 Å². The molecule has 4 heterocycles. The summed E-state index contributed by atoms with van der Waals surface area (Å²) in [6.07, 6.45) is 12.6. The van der Waals surface area contributed by atoms with Gasteiger partial charge in [-0.2, -0.15) is 0 Å². The van der Waals surface area contributed by atoms with Gasteiger partial charge in [0.25, 0.3) is 5.91 Å². The molecule has 1 aromatic carbocycles. The number of hydrogen-bond donors (Lipinski definition) is 1. The molecule has 0 radical (unpaired) electrons. The van der Waals surface area contributed by atoms with E-state index in [1.807, 2.05) is 18.2 Å². The minimum absolute atomic E-state index is 0.133. The molecule has 5 fully saturated rings. The molecule has 3 amide bonds. The fourth-order valence-corrected chi connectivity index (χ4v) is 8.06. The first-order valence-corrected chi connectivity index (χ1v) is 15.5. The number of imide groups is 1. The molecule has 2 aliphatic carbocycles. The summed E-state index contributed by atoms with van der Waals surface area (Å²) >= 11 is 0. The maximum atomic E-state index is 13.1. The maximum Gasteiger partial charge on any atom is 0.255 e. The SMILES string of the molecule is O=C1CCC(N2Cc3cc(O[C@H]4CCCC[C@H]4N4CC(C5CCN(C6CCC6)CC5)C4)ccc3C2=O)C(=O)N1. The molecule has 1 N–H and O–H groups in total. The zero-order chi connectivity index (χ0) is 26.5. The van der Waals surface area contributed by atoms with Crippen molar-refractivity contribution < 1.29 is 19.1 Å². The number of fused-ring (bicyclic) bond motifs is 1. The highest BCUT2D eigenvalue weighted by molar-refractivity contribution is 6.05. The van der Waals surface area contributed by atoms with E-state index in [0.717, 1.165) is 35.6 Å². The average Bonchev–Trinajstić information content (AvgIpc) is 3.19. The molecule has 0 spiro atoms. The number of carbonyl (C=O) groups excluding carboxylic acids is 3. The number of rotatable bonds is 6. The van der Waals surface area contributed by atoms with Crippen molar-refractivity contribution >= 4 is 17.7 Å². The zero-order valence-electron chi connectivity index (χ0n) is 23.0. The lowest BCUT2D eigenvalue weighted by atomic mass is 9.76. The molecule has 7 rings (SSSR count). The normalized spacial score (nSPS) is 31.5. The lowest BCUT2D eigenvalue weighted by molar-refractivity contribution is -0.136. The Morgan fingerprint density at radius 3 is 2.36 bits per heavy atom. The molecule has 1 aromatic rings. The predicted octanol–water partition coefficient (Wildman–Crippen LogP) is 3.33. The van der Waals surface area contributed by atoms with Gasteiger partial charge in [0.2, 0.25) is 11.8 Å². The molecule has 2 saturated carbocycles. The maximum absolute atomic E-state index is 13.1. The minimum atomic E-state index is -0.584. The summed E-state index contributed by atoms with van der Waals surface area (Å²) in [5.74, 6) is 1.80. The van der Waals surface area contributed by atoms with Crippen LogP contribution in [0.1, 0.15) is 86.6 Å². The van der Waals surface area contributed by atoms with Crippen molar-refractivity contribution in [1.82, 2.24) is 20.0 Å². The third-order valence-electron chi connectivity index (χ3n) is 10.7. The number of hydrogen-bond acceptors (Lipinski definition) is 6. The molecule has 210 valence electrons. The first-order chi connectivity index (χ1) is 19.0. The van der Waals surface area contributed by atoms with E-state index < -0.39 is 6.04 Å². The molecule has 3 saturated heterocycles. The van der Waals surface area contributed by atoms with Crippen LogP contribution in [-0.4, -0.2) is 82.8 Å². The van der Waals surface area contributed by atoms with E-state index in [-0.39, 0.29) is 30.2 Å². The third-order valence-corrected chi connectivity index (χ3v) is 10.7. The van der Waals surface area contributed by atoms with Gasteiger partial charge < -0.3 is 14.5 Å². The Morgan fingerprint density at radius 1 is 0.821 bits per heavy atom. The van der Waals surface area contributed by atoms with Crippen LogP contribution in [0.15, 0.2) is 18.2 Å². The second-order valence-corrected chi connectivity index (χ2v) is 12.9. The first-order valence-electron chi connectivity index (χ1n) is 15.5. The summed E-state index contributed by atoms with van der Waals surface area (Å²) in [6, 6.07) is 6.55. The van der Waals surface area contributed by atoms with Crippen molar-refractivity contribution in [3.63, 3.8) is 0 Å². The third kappa shape index (κ3) is 4.88. The van der Waals surface area contributed by atoms with Crippen LogP contribution in [0, 0.1) is 11.8 Å². The van der Waals surface area contributed by atoms with Crippen molar-refractivity contribution in [3.05, 3.63) is 29.3 Å². The number of benzene rings is 1. The number of ether oxygens (including phenoxy) is 1. The van der Waals surface area contributed by atoms with Gasteiger partial charge in [-0.05, 0) is 100 Å². The van der Waals surface area contributed by atoms with Gasteiger partial charge in [-0.25, -0.2) is 0 Å². The Balaban J connectivity index is 0.951. The Hall–Kier alpha value is -2.45. The van der Waals surface area contributed by atoms with Gasteiger partial charge in [-0.15, -0.1) is 0 Å². The fraction of sp³-hybridized carbons (Fsp3) is 0.710. The van der Waals surface area contributed by atoms with Crippen LogP contribution in [0.25, 0.3) is 0 Å². The molecule has 4 aliphatic heterocycles. The molecule has 3 atom stereocenters. The topological polar surface area (TPSA) is 82.2 Å². The molecule has 8 heteroatoms. The second-order valence-electron chi connectivity index (χ2n) is 12.9. The van der Waals surface area contributed by atoms with E-state index in [4.69, 9.17) is 4.74 Å². The van der Waals surface area contributed by atoms with E-state index in [1.54, 1.807) is 4.90 Å². The van der Waals surface area contributed by atoms with E-state index >= 15 is 0 Å². The van der Waals surface area contributed by atoms with Crippen LogP contribution in [0.5, 0.6) is 5.75 Å². The molecule has 6 aliphatic rings. The van der Waals surface area contributed by atoms with Crippen molar-refractivity contribution in [2.24, 2.45) is 11.8 Å². The smallest absolute Gasteiger partial charge is 0.255 e. The number of amides is 3. The second kappa shape index (κ2) is 10.5. The average molecular weight is 535 g/mol. The minimum Gasteiger partial charge on any atom is -0.489 e. The molecule has 39 heavy (non-hydrogen) atoms. The Morgan fingerprint density at radius 2 is 1.62 bits per heavy atom. The van der Waals surface area contributed by atoms with Crippen LogP contribution < -0.4 is 10.1 Å². The lowest BCUT2D eigenvalue weighted by Gasteiger charge is -2.52. The quantitative estimate of drug-likeness (QED) is 0.564. The molecule has 8 nitrogen and oxygen atoms in total. The van der Waals surface area contributed by atoms with Gasteiger partial charge in [-0.1, -0.05) is 12.8 Å². The van der Waals surface area contributed by atoms with Gasteiger partial charge in [0.1, 0.15) is 17.9 Å². The zero-order valence-corrected chi connectivity index (χ0v) is 23.0. The summed E-state index contributed by atoms with van der Waals surface area (Å²) in [7, 11) is 0. The number of nitrogens with zero attached hydrogens (tertiary/aromatic N) is 3. The summed E-state index contributed by atoms with van der Waals surface area (Å²) in [4.78, 5) is 44.0.